The molecule has 29 heavy (non-hydrogen) atoms. The number of nitrogens with zero attached hydrogens (tertiary/aromatic N) is 1. The van der Waals surface area contributed by atoms with Gasteiger partial charge in [0.15, 0.2) is 13.2 Å². The predicted octanol–water partition coefficient (Wildman–Crippen LogP) is 3.20. The summed E-state index contributed by atoms with van der Waals surface area (Å²) in [6, 6.07) is 8.58. The highest BCUT2D eigenvalue weighted by Gasteiger charge is 2.53. The molecule has 1 aromatic carbocycles. The molecule has 0 spiro atoms. The first-order valence-electron chi connectivity index (χ1n) is 10.5. The zero-order chi connectivity index (χ0) is 20.4. The Bertz CT molecular complexity index is 776. The average molecular weight is 396 g/mol. The van der Waals surface area contributed by atoms with Gasteiger partial charge < -0.3 is 14.8 Å². The van der Waals surface area contributed by atoms with Gasteiger partial charge in [-0.15, -0.1) is 0 Å². The molecule has 4 bridgehead atoms. The van der Waals surface area contributed by atoms with E-state index in [2.05, 4.69) is 12.2 Å². The minimum Gasteiger partial charge on any atom is -0.482 e. The molecule has 6 heteroatoms. The van der Waals surface area contributed by atoms with Crippen molar-refractivity contribution in [3.63, 3.8) is 0 Å². The van der Waals surface area contributed by atoms with E-state index >= 15 is 0 Å². The molecule has 1 N–H and O–H groups in total. The fraction of sp³-hybridized carbons (Fsp3) is 0.609. The second-order valence-corrected chi connectivity index (χ2v) is 9.15. The molecule has 154 valence electrons. The van der Waals surface area contributed by atoms with Gasteiger partial charge in [0.1, 0.15) is 5.75 Å². The topological polar surface area (TPSA) is 88.4 Å². The largest absolute Gasteiger partial charge is 0.482 e. The van der Waals surface area contributed by atoms with Crippen LogP contribution in [0.3, 0.4) is 0 Å². The summed E-state index contributed by atoms with van der Waals surface area (Å²) in [6.45, 7) is 1.55. The third-order valence-corrected chi connectivity index (χ3v) is 7.09. The zero-order valence-electron chi connectivity index (χ0n) is 16.9. The normalized spacial score (nSPS) is 30.3. The monoisotopic (exact) mass is 396 g/mol. The number of amides is 1. The molecule has 4 aliphatic carbocycles. The van der Waals surface area contributed by atoms with E-state index in [0.717, 1.165) is 17.8 Å². The van der Waals surface area contributed by atoms with Gasteiger partial charge in [0, 0.05) is 6.04 Å². The molecule has 4 aliphatic rings. The second kappa shape index (κ2) is 8.06. The number of benzene rings is 1. The van der Waals surface area contributed by atoms with Crippen LogP contribution in [-0.2, 0) is 14.3 Å². The van der Waals surface area contributed by atoms with Gasteiger partial charge in [0.05, 0.1) is 11.6 Å². The molecule has 6 nitrogen and oxygen atoms in total. The van der Waals surface area contributed by atoms with E-state index in [1.54, 1.807) is 24.3 Å². The van der Waals surface area contributed by atoms with Gasteiger partial charge in [-0.3, -0.25) is 4.79 Å². The molecule has 0 aliphatic heterocycles. The lowest BCUT2D eigenvalue weighted by Crippen LogP contribution is -2.56. The van der Waals surface area contributed by atoms with Crippen LogP contribution in [0, 0.1) is 34.5 Å². The summed E-state index contributed by atoms with van der Waals surface area (Å²) in [5.74, 6) is 2.13. The van der Waals surface area contributed by atoms with Gasteiger partial charge in [0.25, 0.3) is 5.91 Å². The van der Waals surface area contributed by atoms with E-state index in [1.807, 2.05) is 6.07 Å². The maximum atomic E-state index is 12.3. The van der Waals surface area contributed by atoms with E-state index in [-0.39, 0.29) is 30.6 Å². The maximum Gasteiger partial charge on any atom is 0.344 e. The quantitative estimate of drug-likeness (QED) is 0.715. The van der Waals surface area contributed by atoms with Crippen molar-refractivity contribution in [3.05, 3.63) is 29.8 Å². The predicted molar refractivity (Wildman–Crippen MR) is 106 cm³/mol. The first kappa shape index (κ1) is 19.8. The standard InChI is InChI=1S/C23H28N2O4/c1-15(23-9-17-6-18(10-23)8-19(7-17)11-23)25-21(26)13-29-22(27)14-28-20-4-2-16(12-24)3-5-20/h2-5,15,17-19H,6-11,13-14H2,1H3,(H,25,26)/t15-,17?,18?,19?,23?/m1/s1. The van der Waals surface area contributed by atoms with Crippen LogP contribution in [0.5, 0.6) is 5.75 Å². The molecule has 1 atom stereocenters. The Morgan fingerprint density at radius 1 is 1.10 bits per heavy atom. The highest BCUT2D eigenvalue weighted by molar-refractivity contribution is 5.81. The minimum absolute atomic E-state index is 0.108. The van der Waals surface area contributed by atoms with E-state index in [1.165, 1.54) is 38.5 Å². The number of carbonyl (C=O) groups excluding carboxylic acids is 2. The van der Waals surface area contributed by atoms with E-state index in [0.29, 0.717) is 11.3 Å². The average Bonchev–Trinajstić information content (AvgIpc) is 2.70. The van der Waals surface area contributed by atoms with Gasteiger partial charge in [-0.1, -0.05) is 0 Å². The summed E-state index contributed by atoms with van der Waals surface area (Å²) in [6.07, 6.45) is 7.78. The van der Waals surface area contributed by atoms with Gasteiger partial charge >= 0.3 is 5.97 Å². The summed E-state index contributed by atoms with van der Waals surface area (Å²) in [7, 11) is 0. The summed E-state index contributed by atoms with van der Waals surface area (Å²) in [4.78, 5) is 24.2. The lowest BCUT2D eigenvalue weighted by Gasteiger charge is -2.59. The van der Waals surface area contributed by atoms with Crippen molar-refractivity contribution < 1.29 is 19.1 Å². The van der Waals surface area contributed by atoms with Gasteiger partial charge in [-0.25, -0.2) is 4.79 Å². The van der Waals surface area contributed by atoms with Crippen LogP contribution in [0.1, 0.15) is 51.0 Å². The Kier molecular flexibility index (Phi) is 5.49. The van der Waals surface area contributed by atoms with E-state index in [9.17, 15) is 9.59 Å². The number of hydrogen-bond donors (Lipinski definition) is 1. The lowest BCUT2D eigenvalue weighted by molar-refractivity contribution is -0.151. The lowest BCUT2D eigenvalue weighted by atomic mass is 9.48. The van der Waals surface area contributed by atoms with Crippen LogP contribution in [0.25, 0.3) is 0 Å². The molecule has 4 fully saturated rings. The Balaban J connectivity index is 1.20. The van der Waals surface area contributed by atoms with E-state index in [4.69, 9.17) is 14.7 Å². The van der Waals surface area contributed by atoms with Crippen LogP contribution in [0.2, 0.25) is 0 Å². The van der Waals surface area contributed by atoms with Crippen LogP contribution in [0.4, 0.5) is 0 Å². The molecule has 0 unspecified atom stereocenters. The molecule has 4 saturated carbocycles. The van der Waals surface area contributed by atoms with Gasteiger partial charge in [-0.05, 0) is 92.9 Å². The highest BCUT2D eigenvalue weighted by atomic mass is 16.6. The van der Waals surface area contributed by atoms with Crippen LogP contribution < -0.4 is 10.1 Å². The highest BCUT2D eigenvalue weighted by Crippen LogP contribution is 2.61. The SMILES string of the molecule is C[C@@H](NC(=O)COC(=O)COc1ccc(C#N)cc1)C12CC3CC(CC(C3)C1)C2. The summed E-state index contributed by atoms with van der Waals surface area (Å²) in [5, 5.41) is 11.9. The molecule has 1 aromatic rings. The summed E-state index contributed by atoms with van der Waals surface area (Å²) >= 11 is 0. The van der Waals surface area contributed by atoms with Crippen LogP contribution in [0.15, 0.2) is 24.3 Å². The second-order valence-electron chi connectivity index (χ2n) is 9.15. The Labute approximate surface area is 171 Å². The van der Waals surface area contributed by atoms with E-state index < -0.39 is 5.97 Å². The fourth-order valence-electron chi connectivity index (χ4n) is 6.10. The molecule has 1 amide bonds. The Hall–Kier alpha value is -2.55. The smallest absolute Gasteiger partial charge is 0.344 e. The summed E-state index contributed by atoms with van der Waals surface area (Å²) < 4.78 is 10.4. The molecular weight excluding hydrogens is 368 g/mol. The van der Waals surface area contributed by atoms with Crippen molar-refractivity contribution in [2.24, 2.45) is 23.2 Å². The van der Waals surface area contributed by atoms with Crippen molar-refractivity contribution in [2.45, 2.75) is 51.5 Å². The number of esters is 1. The first-order valence-corrected chi connectivity index (χ1v) is 10.5. The van der Waals surface area contributed by atoms with Crippen LogP contribution >= 0.6 is 0 Å². The third kappa shape index (κ3) is 4.39. The summed E-state index contributed by atoms with van der Waals surface area (Å²) in [5.41, 5.74) is 0.748. The molecule has 0 saturated heterocycles. The van der Waals surface area contributed by atoms with Crippen molar-refractivity contribution >= 4 is 11.9 Å². The number of carbonyl (C=O) groups is 2. The van der Waals surface area contributed by atoms with Crippen LogP contribution in [-0.4, -0.2) is 31.1 Å². The third-order valence-electron chi connectivity index (χ3n) is 7.09. The molecule has 0 radical (unpaired) electrons. The minimum atomic E-state index is -0.591. The Morgan fingerprint density at radius 2 is 1.69 bits per heavy atom. The molecule has 5 rings (SSSR count). The number of rotatable bonds is 7. The molecule has 0 heterocycles. The number of hydrogen-bond acceptors (Lipinski definition) is 5. The van der Waals surface area contributed by atoms with Gasteiger partial charge in [-0.2, -0.15) is 5.26 Å². The van der Waals surface area contributed by atoms with Crippen molar-refractivity contribution in [3.8, 4) is 11.8 Å². The Morgan fingerprint density at radius 3 is 2.24 bits per heavy atom. The number of nitrogens with one attached hydrogen (secondary N) is 1. The number of nitriles is 1. The molecule has 0 aromatic heterocycles. The zero-order valence-corrected chi connectivity index (χ0v) is 16.9. The van der Waals surface area contributed by atoms with Crippen molar-refractivity contribution in [1.29, 1.82) is 5.26 Å². The van der Waals surface area contributed by atoms with Crippen molar-refractivity contribution in [2.75, 3.05) is 13.2 Å². The number of ether oxygens (including phenoxy) is 2. The first-order chi connectivity index (χ1) is 14.0. The molecular formula is C23H28N2O4. The fourth-order valence-corrected chi connectivity index (χ4v) is 6.10. The van der Waals surface area contributed by atoms with Crippen molar-refractivity contribution in [1.82, 2.24) is 5.32 Å². The van der Waals surface area contributed by atoms with Gasteiger partial charge in [0.2, 0.25) is 0 Å². The maximum absolute atomic E-state index is 12.3.